The number of thioether (sulfide) groups is 1. The summed E-state index contributed by atoms with van der Waals surface area (Å²) >= 11 is 4.90. The average molecular weight is 1060 g/mol. The van der Waals surface area contributed by atoms with E-state index in [1.165, 1.54) is 28.0 Å². The number of carbonyl (C=O) groups is 4. The third kappa shape index (κ3) is 9.56. The zero-order valence-electron chi connectivity index (χ0n) is 37.5. The number of anilines is 1. The van der Waals surface area contributed by atoms with Crippen LogP contribution >= 0.6 is 45.7 Å². The molecule has 0 unspecified atom stereocenters. The van der Waals surface area contributed by atoms with Crippen molar-refractivity contribution >= 4 is 80.3 Å². The fourth-order valence-electron chi connectivity index (χ4n) is 8.27. The van der Waals surface area contributed by atoms with Crippen LogP contribution in [-0.2, 0) is 39.0 Å². The summed E-state index contributed by atoms with van der Waals surface area (Å²) in [7, 11) is 0. The van der Waals surface area contributed by atoms with Gasteiger partial charge in [-0.25, -0.2) is 14.6 Å². The number of carbonyl (C=O) groups excluding carboxylic acids is 4. The van der Waals surface area contributed by atoms with Gasteiger partial charge in [-0.2, -0.15) is 0 Å². The Bertz CT molecular complexity index is 2720. The number of halogens is 1. The van der Waals surface area contributed by atoms with E-state index in [-0.39, 0.29) is 17.1 Å². The highest BCUT2D eigenvalue weighted by Crippen LogP contribution is 2.45. The van der Waals surface area contributed by atoms with Crippen LogP contribution in [0.3, 0.4) is 0 Å². The van der Waals surface area contributed by atoms with Crippen LogP contribution in [0.5, 0.6) is 0 Å². The second-order valence-electron chi connectivity index (χ2n) is 17.6. The summed E-state index contributed by atoms with van der Waals surface area (Å²) in [5, 5.41) is 12.5. The molecule has 0 spiro atoms. The van der Waals surface area contributed by atoms with Crippen LogP contribution in [0.1, 0.15) is 73.2 Å². The molecule has 2 amide bonds. The first kappa shape index (κ1) is 46.8. The maximum Gasteiger partial charge on any atom is 0.356 e. The van der Waals surface area contributed by atoms with Gasteiger partial charge < -0.3 is 24.9 Å². The topological polar surface area (TPSA) is 149 Å². The molecule has 2 N–H and O–H groups in total. The van der Waals surface area contributed by atoms with Crippen molar-refractivity contribution < 1.29 is 33.5 Å². The number of rotatable bonds is 16. The van der Waals surface area contributed by atoms with Crippen molar-refractivity contribution in [3.8, 4) is 0 Å². The molecule has 1 aliphatic carbocycles. The molecular weight excluding hydrogens is 1010 g/mol. The molecule has 6 aromatic rings. The summed E-state index contributed by atoms with van der Waals surface area (Å²) in [6, 6.07) is 48.0. The zero-order valence-corrected chi connectivity index (χ0v) is 41.3. The molecule has 0 radical (unpaired) electrons. The minimum Gasteiger partial charge on any atom is -0.457 e. The van der Waals surface area contributed by atoms with E-state index in [9.17, 15) is 19.2 Å². The van der Waals surface area contributed by atoms with E-state index in [0.717, 1.165) is 33.4 Å². The molecule has 1 saturated heterocycles. The van der Waals surface area contributed by atoms with E-state index in [0.29, 0.717) is 28.2 Å². The molecule has 12 nitrogen and oxygen atoms in total. The van der Waals surface area contributed by atoms with Gasteiger partial charge in [0, 0.05) is 28.4 Å². The Morgan fingerprint density at radius 3 is 1.81 bits per heavy atom. The van der Waals surface area contributed by atoms with Crippen molar-refractivity contribution in [3.05, 3.63) is 202 Å². The lowest BCUT2D eigenvalue weighted by molar-refractivity contribution is -0.172. The van der Waals surface area contributed by atoms with Crippen molar-refractivity contribution in [1.29, 1.82) is 0 Å². The molecule has 346 valence electrons. The normalized spacial score (nSPS) is 17.7. The molecule has 3 heterocycles. The highest BCUT2D eigenvalue weighted by Gasteiger charge is 2.57. The van der Waals surface area contributed by atoms with Crippen LogP contribution in [0.2, 0.25) is 0 Å². The summed E-state index contributed by atoms with van der Waals surface area (Å²) in [5.41, 5.74) is 2.18. The molecule has 1 aromatic heterocycles. The summed E-state index contributed by atoms with van der Waals surface area (Å²) in [6.45, 7) is 5.30. The van der Waals surface area contributed by atoms with Crippen molar-refractivity contribution in [3.63, 3.8) is 0 Å². The molecule has 2 fully saturated rings. The minimum absolute atomic E-state index is 0.155. The lowest BCUT2D eigenvalue weighted by atomic mass is 9.77. The second kappa shape index (κ2) is 19.7. The van der Waals surface area contributed by atoms with Gasteiger partial charge in [-0.05, 0) is 54.2 Å². The Labute approximate surface area is 416 Å². The monoisotopic (exact) mass is 1060 g/mol. The number of hydrogen-bond donors (Lipinski definition) is 2. The third-order valence-electron chi connectivity index (χ3n) is 11.8. The number of oxime groups is 1. The SMILES string of the molecule is CC(C)(C)OC(=O)C1(ON=C(C(=O)N[C@@H]2C(=O)N3C(C(=O)OC(c4ccccc4)c4ccccc4)=C(CI)CS[C@H]23)c2csc(NC(c3ccccc3)(c3ccccc3)c3ccccc3)n2)CC1. The van der Waals surface area contributed by atoms with Crippen molar-refractivity contribution in [2.24, 2.45) is 5.16 Å². The Hall–Kier alpha value is -6.30. The molecule has 15 heteroatoms. The van der Waals surface area contributed by atoms with Crippen LogP contribution in [-0.4, -0.2) is 72.1 Å². The van der Waals surface area contributed by atoms with Crippen LogP contribution in [0.4, 0.5) is 5.13 Å². The third-order valence-corrected chi connectivity index (χ3v) is 14.8. The number of esters is 2. The number of β-lactam (4-membered cyclic amide) rings is 1. The van der Waals surface area contributed by atoms with Gasteiger partial charge in [0.1, 0.15) is 33.9 Å². The molecule has 5 aromatic carbocycles. The van der Waals surface area contributed by atoms with E-state index in [1.807, 2.05) is 115 Å². The summed E-state index contributed by atoms with van der Waals surface area (Å²) < 4.78 is 12.4. The van der Waals surface area contributed by atoms with Crippen LogP contribution in [0, 0.1) is 0 Å². The molecule has 3 aliphatic rings. The minimum atomic E-state index is -1.38. The first-order valence-electron chi connectivity index (χ1n) is 22.2. The second-order valence-corrected chi connectivity index (χ2v) is 20.3. The van der Waals surface area contributed by atoms with Crippen molar-refractivity contribution in [2.75, 3.05) is 15.5 Å². The maximum absolute atomic E-state index is 14.7. The van der Waals surface area contributed by atoms with Crippen molar-refractivity contribution in [2.45, 2.75) is 67.9 Å². The number of aromatic nitrogens is 1. The smallest absolute Gasteiger partial charge is 0.356 e. The number of nitrogens with one attached hydrogen (secondary N) is 2. The zero-order chi connectivity index (χ0) is 47.5. The number of thiazole rings is 1. The number of amides is 2. The lowest BCUT2D eigenvalue weighted by Crippen LogP contribution is -2.71. The first-order valence-corrected chi connectivity index (χ1v) is 25.6. The Balaban J connectivity index is 1.02. The Morgan fingerprint density at radius 1 is 0.809 bits per heavy atom. The molecule has 68 heavy (non-hydrogen) atoms. The van der Waals surface area contributed by atoms with Gasteiger partial charge in [0.25, 0.3) is 11.8 Å². The van der Waals surface area contributed by atoms with E-state index in [4.69, 9.17) is 19.3 Å². The van der Waals surface area contributed by atoms with E-state index < -0.39 is 58.0 Å². The van der Waals surface area contributed by atoms with Gasteiger partial charge >= 0.3 is 11.9 Å². The van der Waals surface area contributed by atoms with Gasteiger partial charge in [0.2, 0.25) is 5.60 Å². The molecule has 1 saturated carbocycles. The molecule has 2 atom stereocenters. The first-order chi connectivity index (χ1) is 32.9. The molecule has 9 rings (SSSR count). The molecular formula is C53H48IN5O7S2. The highest BCUT2D eigenvalue weighted by atomic mass is 127. The van der Waals surface area contributed by atoms with E-state index in [2.05, 4.69) is 74.8 Å². The largest absolute Gasteiger partial charge is 0.457 e. The lowest BCUT2D eigenvalue weighted by Gasteiger charge is -2.49. The maximum atomic E-state index is 14.7. The number of alkyl halides is 1. The summed E-state index contributed by atoms with van der Waals surface area (Å²) in [4.78, 5) is 69.1. The predicted octanol–water partition coefficient (Wildman–Crippen LogP) is 9.56. The quantitative estimate of drug-likeness (QED) is 0.0183. The average Bonchev–Trinajstić information content (AvgIpc) is 4.03. The fraction of sp³-hybridized carbons (Fsp3) is 0.245. The Kier molecular flexibility index (Phi) is 13.6. The van der Waals surface area contributed by atoms with Gasteiger partial charge in [-0.3, -0.25) is 14.5 Å². The van der Waals surface area contributed by atoms with Crippen LogP contribution < -0.4 is 10.6 Å². The van der Waals surface area contributed by atoms with Crippen LogP contribution in [0.25, 0.3) is 0 Å². The van der Waals surface area contributed by atoms with Gasteiger partial charge in [-0.15, -0.1) is 23.1 Å². The van der Waals surface area contributed by atoms with E-state index in [1.54, 1.807) is 26.2 Å². The number of benzene rings is 5. The molecule has 0 bridgehead atoms. The highest BCUT2D eigenvalue weighted by molar-refractivity contribution is 14.1. The number of nitrogens with zero attached hydrogens (tertiary/aromatic N) is 3. The van der Waals surface area contributed by atoms with Gasteiger partial charge in [-0.1, -0.05) is 179 Å². The Morgan fingerprint density at radius 2 is 1.32 bits per heavy atom. The van der Waals surface area contributed by atoms with Crippen LogP contribution in [0.15, 0.2) is 173 Å². The predicted molar refractivity (Wildman–Crippen MR) is 272 cm³/mol. The summed E-state index contributed by atoms with van der Waals surface area (Å²) in [6.07, 6.45) is -0.0448. The number of hydrogen-bond acceptors (Lipinski definition) is 12. The van der Waals surface area contributed by atoms with Gasteiger partial charge in [0.05, 0.1) is 0 Å². The van der Waals surface area contributed by atoms with E-state index >= 15 is 0 Å². The molecule has 2 aliphatic heterocycles. The summed E-state index contributed by atoms with van der Waals surface area (Å²) in [5.74, 6) is -2.01. The van der Waals surface area contributed by atoms with Crippen molar-refractivity contribution in [1.82, 2.24) is 15.2 Å². The van der Waals surface area contributed by atoms with Gasteiger partial charge in [0.15, 0.2) is 16.9 Å². The number of ether oxygens (including phenoxy) is 2. The standard InChI is InChI=1S/C53H48IN5O7S2/c1-51(2,3)65-49(63)52(29-30-52)66-58-41(40-33-68-50(55-40)57-53(37-23-13-6-14-24-37,38-25-15-7-16-26-38)39-27-17-8-18-28-39)45(60)56-42-46(61)59-43(36(31-54)32-67-47(42)59)48(62)64-44(34-19-9-4-10-20-34)35-21-11-5-12-22-35/h4-28,33,42,44,47H,29-32H2,1-3H3,(H,55,57)(H,56,60)/t42-,47-/m1/s1. The number of fused-ring (bicyclic) bond motifs is 1. The fourth-order valence-corrected chi connectivity index (χ4v) is 11.4.